The lowest BCUT2D eigenvalue weighted by atomic mass is 10.1. The molecular formula is C20H16N10S2. The standard InChI is InChI=1S/C20H16N10S2/c1-3-13-5-7-15-19(17(13)25-21-9-1)29(27-23-15)11-31-32-12-30-20-16(24-28-30)8-6-14-4-2-10-22-26-18(14)20/h1-10,25-26H,11-12H2. The van der Waals surface area contributed by atoms with Crippen molar-refractivity contribution in [2.24, 2.45) is 10.2 Å². The maximum absolute atomic E-state index is 4.33. The van der Waals surface area contributed by atoms with Crippen molar-refractivity contribution >= 4 is 79.6 Å². The Bertz CT molecular complexity index is 1340. The van der Waals surface area contributed by atoms with Crippen molar-refractivity contribution in [3.63, 3.8) is 0 Å². The fraction of sp³-hybridized carbons (Fsp3) is 0.100. The molecule has 0 unspecified atom stereocenters. The number of anilines is 2. The van der Waals surface area contributed by atoms with Crippen LogP contribution < -0.4 is 10.9 Å². The predicted octanol–water partition coefficient (Wildman–Crippen LogP) is 4.02. The van der Waals surface area contributed by atoms with Crippen LogP contribution >= 0.6 is 21.6 Å². The quantitative estimate of drug-likeness (QED) is 0.339. The summed E-state index contributed by atoms with van der Waals surface area (Å²) in [5.41, 5.74) is 13.7. The van der Waals surface area contributed by atoms with Gasteiger partial charge in [0, 0.05) is 23.6 Å². The van der Waals surface area contributed by atoms with Crippen LogP contribution in [-0.2, 0) is 11.8 Å². The minimum atomic E-state index is 0.628. The van der Waals surface area contributed by atoms with E-state index in [-0.39, 0.29) is 0 Å². The molecule has 4 aromatic rings. The van der Waals surface area contributed by atoms with Gasteiger partial charge < -0.3 is 0 Å². The van der Waals surface area contributed by atoms with Crippen LogP contribution in [0, 0.1) is 0 Å². The smallest absolute Gasteiger partial charge is 0.115 e. The highest BCUT2D eigenvalue weighted by Gasteiger charge is 2.16. The Morgan fingerprint density at radius 3 is 1.69 bits per heavy atom. The van der Waals surface area contributed by atoms with E-state index in [2.05, 4.69) is 41.7 Å². The highest BCUT2D eigenvalue weighted by atomic mass is 33.1. The number of allylic oxidation sites excluding steroid dienone is 2. The third-order valence-electron chi connectivity index (χ3n) is 5.07. The third-order valence-corrected chi connectivity index (χ3v) is 7.07. The summed E-state index contributed by atoms with van der Waals surface area (Å²) >= 11 is 0. The van der Waals surface area contributed by atoms with Gasteiger partial charge in [0.15, 0.2) is 0 Å². The third kappa shape index (κ3) is 3.33. The fourth-order valence-corrected chi connectivity index (χ4v) is 5.38. The Morgan fingerprint density at radius 2 is 1.19 bits per heavy atom. The average Bonchev–Trinajstić information content (AvgIpc) is 3.22. The van der Waals surface area contributed by atoms with Crippen LogP contribution in [0.5, 0.6) is 0 Å². The molecule has 0 radical (unpaired) electrons. The maximum Gasteiger partial charge on any atom is 0.115 e. The first-order valence-corrected chi connectivity index (χ1v) is 12.3. The van der Waals surface area contributed by atoms with E-state index in [0.717, 1.165) is 44.6 Å². The van der Waals surface area contributed by atoms with Crippen LogP contribution in [-0.4, -0.2) is 42.4 Å². The van der Waals surface area contributed by atoms with E-state index >= 15 is 0 Å². The van der Waals surface area contributed by atoms with Gasteiger partial charge in [0.1, 0.15) is 22.1 Å². The molecule has 2 N–H and O–H groups in total. The minimum Gasteiger partial charge on any atom is -0.276 e. The van der Waals surface area contributed by atoms with Gasteiger partial charge >= 0.3 is 0 Å². The van der Waals surface area contributed by atoms with Gasteiger partial charge in [-0.2, -0.15) is 10.2 Å². The number of hydrogen-bond donors (Lipinski definition) is 2. The maximum atomic E-state index is 4.33. The van der Waals surface area contributed by atoms with Gasteiger partial charge in [-0.1, -0.05) is 56.3 Å². The molecule has 2 aliphatic rings. The summed E-state index contributed by atoms with van der Waals surface area (Å²) in [7, 11) is 3.34. The summed E-state index contributed by atoms with van der Waals surface area (Å²) < 4.78 is 3.78. The van der Waals surface area contributed by atoms with Crippen molar-refractivity contribution < 1.29 is 0 Å². The molecule has 12 heteroatoms. The lowest BCUT2D eigenvalue weighted by Gasteiger charge is -2.10. The number of hydrogen-bond acceptors (Lipinski definition) is 10. The van der Waals surface area contributed by atoms with Gasteiger partial charge in [-0.3, -0.25) is 10.9 Å². The first-order chi connectivity index (χ1) is 15.9. The van der Waals surface area contributed by atoms with Gasteiger partial charge in [0.25, 0.3) is 0 Å². The Morgan fingerprint density at radius 1 is 0.688 bits per heavy atom. The zero-order valence-corrected chi connectivity index (χ0v) is 18.2. The summed E-state index contributed by atoms with van der Waals surface area (Å²) in [6.07, 6.45) is 11.3. The van der Waals surface area contributed by atoms with Crippen LogP contribution in [0.25, 0.3) is 34.2 Å². The zero-order chi connectivity index (χ0) is 21.3. The molecule has 0 saturated carbocycles. The van der Waals surface area contributed by atoms with E-state index in [1.54, 1.807) is 34.0 Å². The molecule has 2 aliphatic heterocycles. The summed E-state index contributed by atoms with van der Waals surface area (Å²) in [5.74, 6) is 1.26. The minimum absolute atomic E-state index is 0.628. The van der Waals surface area contributed by atoms with Gasteiger partial charge in [0.2, 0.25) is 0 Å². The molecule has 2 aromatic heterocycles. The Balaban J connectivity index is 1.21. The summed E-state index contributed by atoms with van der Waals surface area (Å²) in [6.45, 7) is 0. The second-order valence-corrected chi connectivity index (χ2v) is 9.37. The number of fused-ring (bicyclic) bond motifs is 6. The summed E-state index contributed by atoms with van der Waals surface area (Å²) in [6, 6.07) is 7.99. The van der Waals surface area contributed by atoms with Gasteiger partial charge in [-0.15, -0.1) is 10.2 Å². The number of nitrogens with one attached hydrogen (secondary N) is 2. The first kappa shape index (κ1) is 19.1. The van der Waals surface area contributed by atoms with Crippen molar-refractivity contribution in [1.82, 2.24) is 30.0 Å². The molecule has 0 atom stereocenters. The van der Waals surface area contributed by atoms with E-state index in [1.165, 1.54) is 0 Å². The molecule has 0 fully saturated rings. The van der Waals surface area contributed by atoms with Crippen molar-refractivity contribution in [2.45, 2.75) is 11.8 Å². The zero-order valence-electron chi connectivity index (χ0n) is 16.6. The van der Waals surface area contributed by atoms with Crippen molar-refractivity contribution in [1.29, 1.82) is 0 Å². The SMILES string of the molecule is C1=Cc2ccc3nnn(CSSCn4nnc5ccc6c(c54)NN=CC=C6)c3c2NN=C1. The molecule has 2 aromatic carbocycles. The molecule has 10 nitrogen and oxygen atoms in total. The number of benzene rings is 2. The monoisotopic (exact) mass is 460 g/mol. The Hall–Kier alpha value is -3.64. The van der Waals surface area contributed by atoms with Crippen molar-refractivity contribution in [3.8, 4) is 0 Å². The van der Waals surface area contributed by atoms with Crippen LogP contribution in [0.2, 0.25) is 0 Å². The Labute approximate surface area is 189 Å². The highest BCUT2D eigenvalue weighted by molar-refractivity contribution is 8.76. The van der Waals surface area contributed by atoms with Crippen molar-refractivity contribution in [2.75, 3.05) is 10.9 Å². The second kappa shape index (κ2) is 8.13. The topological polar surface area (TPSA) is 110 Å². The van der Waals surface area contributed by atoms with E-state index in [1.807, 2.05) is 57.9 Å². The molecular weight excluding hydrogens is 444 g/mol. The normalized spacial score (nSPS) is 14.1. The van der Waals surface area contributed by atoms with Crippen molar-refractivity contribution in [3.05, 3.63) is 47.5 Å². The Kier molecular flexibility index (Phi) is 4.85. The summed E-state index contributed by atoms with van der Waals surface area (Å²) in [4.78, 5) is 0. The molecule has 4 heterocycles. The lowest BCUT2D eigenvalue weighted by molar-refractivity contribution is 0.722. The van der Waals surface area contributed by atoms with Crippen LogP contribution in [0.4, 0.5) is 11.4 Å². The van der Waals surface area contributed by atoms with Gasteiger partial charge in [-0.05, 0) is 24.3 Å². The van der Waals surface area contributed by atoms with Crippen LogP contribution in [0.3, 0.4) is 0 Å². The molecule has 32 heavy (non-hydrogen) atoms. The lowest BCUT2D eigenvalue weighted by Crippen LogP contribution is -2.02. The predicted molar refractivity (Wildman–Crippen MR) is 133 cm³/mol. The van der Waals surface area contributed by atoms with E-state index < -0.39 is 0 Å². The average molecular weight is 461 g/mol. The van der Waals surface area contributed by atoms with E-state index in [9.17, 15) is 0 Å². The van der Waals surface area contributed by atoms with E-state index in [4.69, 9.17) is 0 Å². The fourth-order valence-electron chi connectivity index (χ4n) is 3.62. The number of rotatable bonds is 5. The molecule has 158 valence electrons. The van der Waals surface area contributed by atoms with Gasteiger partial charge in [-0.25, -0.2) is 9.36 Å². The summed E-state index contributed by atoms with van der Waals surface area (Å²) in [5, 5.41) is 25.7. The van der Waals surface area contributed by atoms with Crippen LogP contribution in [0.1, 0.15) is 11.1 Å². The molecule has 0 spiro atoms. The highest BCUT2D eigenvalue weighted by Crippen LogP contribution is 2.33. The molecule has 0 amide bonds. The van der Waals surface area contributed by atoms with E-state index in [0.29, 0.717) is 11.8 Å². The molecule has 0 saturated heterocycles. The molecule has 0 aliphatic carbocycles. The number of aromatic nitrogens is 6. The number of nitrogens with zero attached hydrogens (tertiary/aromatic N) is 8. The second-order valence-electron chi connectivity index (χ2n) is 6.97. The largest absolute Gasteiger partial charge is 0.276 e. The molecule has 0 bridgehead atoms. The molecule has 6 rings (SSSR count). The van der Waals surface area contributed by atoms with Crippen LogP contribution in [0.15, 0.2) is 46.6 Å². The van der Waals surface area contributed by atoms with Gasteiger partial charge in [0.05, 0.1) is 23.1 Å². The number of hydrazone groups is 2. The first-order valence-electron chi connectivity index (χ1n) is 9.77.